The molecular weight excluding hydrogens is 254 g/mol. The van der Waals surface area contributed by atoms with Crippen LogP contribution in [0.2, 0.25) is 0 Å². The van der Waals surface area contributed by atoms with Crippen LogP contribution in [0, 0.1) is 5.92 Å². The van der Waals surface area contributed by atoms with E-state index in [9.17, 15) is 4.79 Å². The molecule has 0 amide bonds. The monoisotopic (exact) mass is 271 g/mol. The summed E-state index contributed by atoms with van der Waals surface area (Å²) in [4.78, 5) is 19.8. The second-order valence-electron chi connectivity index (χ2n) is 4.39. The molecule has 2 rings (SSSR count). The number of anilines is 3. The summed E-state index contributed by atoms with van der Waals surface area (Å²) >= 11 is 0. The van der Waals surface area contributed by atoms with Crippen LogP contribution >= 0.6 is 0 Å². The highest BCUT2D eigenvalue weighted by Crippen LogP contribution is 2.26. The van der Waals surface area contributed by atoms with Crippen LogP contribution in [0.4, 0.5) is 17.5 Å². The van der Waals surface area contributed by atoms with Gasteiger partial charge in [0.2, 0.25) is 5.95 Å². The van der Waals surface area contributed by atoms with Crippen LogP contribution in [0.25, 0.3) is 0 Å². The van der Waals surface area contributed by atoms with Gasteiger partial charge in [-0.15, -0.1) is 0 Å². The maximum absolute atomic E-state index is 11.6. The first-order valence-electron chi connectivity index (χ1n) is 5.88. The van der Waals surface area contributed by atoms with Crippen molar-refractivity contribution in [2.45, 2.75) is 12.7 Å². The summed E-state index contributed by atoms with van der Waals surface area (Å²) in [5, 5.41) is 30.0. The van der Waals surface area contributed by atoms with Gasteiger partial charge in [0.1, 0.15) is 5.69 Å². The molecule has 9 nitrogen and oxygen atoms in total. The van der Waals surface area contributed by atoms with Gasteiger partial charge in [-0.05, 0) is 6.42 Å². The number of nitrogens with zero attached hydrogens (tertiary/aromatic N) is 2. The van der Waals surface area contributed by atoms with Crippen molar-refractivity contribution in [2.75, 3.05) is 35.8 Å². The van der Waals surface area contributed by atoms with Gasteiger partial charge in [0.05, 0.1) is 13.3 Å². The Kier molecular flexibility index (Phi) is 3.88. The van der Waals surface area contributed by atoms with Crippen LogP contribution in [0.5, 0.6) is 0 Å². The Labute approximate surface area is 108 Å². The summed E-state index contributed by atoms with van der Waals surface area (Å²) in [6.45, 7) is 0.476. The third-order valence-corrected chi connectivity index (χ3v) is 3.09. The van der Waals surface area contributed by atoms with Gasteiger partial charge >= 0.3 is 0 Å². The molecule has 9 heteroatoms. The van der Waals surface area contributed by atoms with E-state index in [4.69, 9.17) is 21.1 Å². The fourth-order valence-corrected chi connectivity index (χ4v) is 1.96. The number of hydrogen-bond donors (Lipinski definition) is 6. The molecule has 1 atom stereocenters. The number of rotatable bonds is 5. The zero-order valence-electron chi connectivity index (χ0n) is 10.2. The van der Waals surface area contributed by atoms with Crippen molar-refractivity contribution in [2.24, 2.45) is 5.92 Å². The van der Waals surface area contributed by atoms with Crippen molar-refractivity contribution in [3.63, 3.8) is 0 Å². The molecule has 0 radical (unpaired) electrons. The van der Waals surface area contributed by atoms with E-state index in [2.05, 4.69) is 15.3 Å². The van der Waals surface area contributed by atoms with E-state index >= 15 is 0 Å². The van der Waals surface area contributed by atoms with Gasteiger partial charge in [0, 0.05) is 12.5 Å². The Morgan fingerprint density at radius 2 is 2.21 bits per heavy atom. The molecule has 0 aliphatic carbocycles. The first-order valence-corrected chi connectivity index (χ1v) is 5.88. The van der Waals surface area contributed by atoms with Crippen LogP contribution in [-0.4, -0.2) is 51.4 Å². The lowest BCUT2D eigenvalue weighted by Gasteiger charge is -2.21. The Morgan fingerprint density at radius 1 is 1.47 bits per heavy atom. The minimum absolute atomic E-state index is 0.0263. The van der Waals surface area contributed by atoms with Gasteiger partial charge in [-0.25, -0.2) is 0 Å². The normalized spacial score (nSPS) is 15.5. The van der Waals surface area contributed by atoms with Gasteiger partial charge in [0.15, 0.2) is 12.1 Å². The molecule has 1 unspecified atom stereocenters. The second-order valence-corrected chi connectivity index (χ2v) is 4.39. The number of nitrogens with two attached hydrogens (primary N) is 1. The fraction of sp³-hybridized carbons (Fsp3) is 0.600. The maximum Gasteiger partial charge on any atom is 0.277 e. The van der Waals surface area contributed by atoms with Crippen LogP contribution in [-0.2, 0) is 0 Å². The van der Waals surface area contributed by atoms with Gasteiger partial charge in [0.25, 0.3) is 5.56 Å². The van der Waals surface area contributed by atoms with Gasteiger partial charge in [-0.1, -0.05) is 0 Å². The number of aromatic nitrogens is 2. The molecule has 1 aromatic heterocycles. The van der Waals surface area contributed by atoms with Crippen molar-refractivity contribution < 1.29 is 15.3 Å². The third kappa shape index (κ3) is 2.78. The van der Waals surface area contributed by atoms with E-state index in [1.54, 1.807) is 4.90 Å². The van der Waals surface area contributed by atoms with Crippen molar-refractivity contribution >= 4 is 17.5 Å². The Morgan fingerprint density at radius 3 is 2.84 bits per heavy atom. The average Bonchev–Trinajstić information content (AvgIpc) is 2.73. The topological polar surface area (TPSA) is 148 Å². The van der Waals surface area contributed by atoms with E-state index in [0.717, 1.165) is 0 Å². The van der Waals surface area contributed by atoms with Crippen LogP contribution < -0.4 is 21.5 Å². The van der Waals surface area contributed by atoms with Crippen molar-refractivity contribution in [3.05, 3.63) is 10.4 Å². The quantitative estimate of drug-likeness (QED) is 0.332. The van der Waals surface area contributed by atoms with E-state index in [-0.39, 0.29) is 18.1 Å². The fourth-order valence-electron chi connectivity index (χ4n) is 1.96. The zero-order chi connectivity index (χ0) is 14.0. The third-order valence-electron chi connectivity index (χ3n) is 3.09. The summed E-state index contributed by atoms with van der Waals surface area (Å²) < 4.78 is 0. The molecule has 0 aromatic carbocycles. The predicted octanol–water partition coefficient (Wildman–Crippen LogP) is -2.15. The summed E-state index contributed by atoms with van der Waals surface area (Å²) in [5.74, 6) is -0.174. The molecule has 0 fully saturated rings. The number of aliphatic hydroxyl groups is 3. The van der Waals surface area contributed by atoms with Crippen molar-refractivity contribution in [3.8, 4) is 0 Å². The Hall–Kier alpha value is -1.84. The highest BCUT2D eigenvalue weighted by Gasteiger charge is 2.25. The molecule has 1 aromatic rings. The van der Waals surface area contributed by atoms with Gasteiger partial charge < -0.3 is 31.3 Å². The summed E-state index contributed by atoms with van der Waals surface area (Å²) in [5.41, 5.74) is 5.49. The molecule has 0 spiro atoms. The minimum atomic E-state index is -1.57. The van der Waals surface area contributed by atoms with Gasteiger partial charge in [-0.2, -0.15) is 4.98 Å². The number of H-pyrrole nitrogens is 1. The number of nitrogen functional groups attached to an aromatic ring is 1. The van der Waals surface area contributed by atoms with Gasteiger partial charge in [-0.3, -0.25) is 9.78 Å². The van der Waals surface area contributed by atoms with Crippen LogP contribution in [0.3, 0.4) is 0 Å². The van der Waals surface area contributed by atoms with E-state index < -0.39 is 12.2 Å². The molecular formula is C10H17N5O4. The molecule has 2 heterocycles. The second kappa shape index (κ2) is 5.43. The molecule has 0 bridgehead atoms. The molecule has 106 valence electrons. The maximum atomic E-state index is 11.6. The number of nitrogens with one attached hydrogen (secondary N) is 2. The molecule has 1 aliphatic rings. The average molecular weight is 271 g/mol. The largest absolute Gasteiger partial charge is 0.396 e. The zero-order valence-corrected chi connectivity index (χ0v) is 10.2. The number of aliphatic hydroxyl groups excluding tert-OH is 2. The summed E-state index contributed by atoms with van der Waals surface area (Å²) in [6.07, 6.45) is -1.22. The molecule has 0 saturated carbocycles. The van der Waals surface area contributed by atoms with Crippen molar-refractivity contribution in [1.82, 2.24) is 9.97 Å². The highest BCUT2D eigenvalue weighted by molar-refractivity contribution is 5.70. The predicted molar refractivity (Wildman–Crippen MR) is 68.5 cm³/mol. The standard InChI is InChI=1S/C10H17N5O4/c11-10-13-7-6(8(17)14-10)12-4-15(7)2-1-5(3-16)9(18)19/h5,9,12,16,18-19H,1-4H2,(H3,11,13,14,17). The van der Waals surface area contributed by atoms with Crippen LogP contribution in [0.1, 0.15) is 6.42 Å². The smallest absolute Gasteiger partial charge is 0.277 e. The molecule has 19 heavy (non-hydrogen) atoms. The lowest BCUT2D eigenvalue weighted by Crippen LogP contribution is -2.31. The van der Waals surface area contributed by atoms with E-state index in [1.807, 2.05) is 0 Å². The SMILES string of the molecule is Nc1nc2c(c(=O)[nH]1)NCN2CCC(CO)C(O)O. The van der Waals surface area contributed by atoms with E-state index in [1.165, 1.54) is 0 Å². The van der Waals surface area contributed by atoms with E-state index in [0.29, 0.717) is 31.1 Å². The first kappa shape index (κ1) is 13.6. The highest BCUT2D eigenvalue weighted by atomic mass is 16.5. The Bertz CT molecular complexity index is 503. The summed E-state index contributed by atoms with van der Waals surface area (Å²) in [7, 11) is 0. The number of hydrogen-bond acceptors (Lipinski definition) is 8. The molecule has 1 aliphatic heterocycles. The molecule has 7 N–H and O–H groups in total. The van der Waals surface area contributed by atoms with Crippen molar-refractivity contribution in [1.29, 1.82) is 0 Å². The lowest BCUT2D eigenvalue weighted by atomic mass is 10.1. The van der Waals surface area contributed by atoms with Crippen LogP contribution in [0.15, 0.2) is 4.79 Å². The molecule has 0 saturated heterocycles. The lowest BCUT2D eigenvalue weighted by molar-refractivity contribution is -0.0977. The Balaban J connectivity index is 2.08. The first-order chi connectivity index (χ1) is 9.02. The summed E-state index contributed by atoms with van der Waals surface area (Å²) in [6, 6.07) is 0. The number of aromatic amines is 1. The minimum Gasteiger partial charge on any atom is -0.396 e. The number of fused-ring (bicyclic) bond motifs is 1.